The summed E-state index contributed by atoms with van der Waals surface area (Å²) in [5.74, 6) is 0.951. The Labute approximate surface area is 187 Å². The molecule has 3 aromatic heterocycles. The minimum Gasteiger partial charge on any atom is -0.376 e. The maximum Gasteiger partial charge on any atom is 0.141 e. The summed E-state index contributed by atoms with van der Waals surface area (Å²) in [5.41, 5.74) is 3.82. The molecule has 3 heterocycles. The lowest BCUT2D eigenvalue weighted by Crippen LogP contribution is -2.18. The molecule has 1 N–H and O–H groups in total. The monoisotopic (exact) mass is 426 g/mol. The maximum atomic E-state index is 9.49. The van der Waals surface area contributed by atoms with Gasteiger partial charge in [-0.1, -0.05) is 30.3 Å². The zero-order valence-corrected chi connectivity index (χ0v) is 17.9. The molecule has 1 saturated carbocycles. The van der Waals surface area contributed by atoms with E-state index in [1.165, 1.54) is 5.56 Å². The van der Waals surface area contributed by atoms with Crippen molar-refractivity contribution >= 4 is 11.0 Å². The van der Waals surface area contributed by atoms with Crippen LogP contribution < -0.4 is 0 Å². The highest BCUT2D eigenvalue weighted by Gasteiger charge is 2.32. The number of aromatic nitrogens is 5. The summed E-state index contributed by atoms with van der Waals surface area (Å²) in [6, 6.07) is 14.7. The van der Waals surface area contributed by atoms with Crippen molar-refractivity contribution in [3.8, 4) is 17.3 Å². The first kappa shape index (κ1) is 20.4. The molecule has 0 amide bonds. The van der Waals surface area contributed by atoms with Crippen LogP contribution >= 0.6 is 0 Å². The Morgan fingerprint density at radius 1 is 1.19 bits per heavy atom. The van der Waals surface area contributed by atoms with Gasteiger partial charge in [-0.3, -0.25) is 4.68 Å². The van der Waals surface area contributed by atoms with Gasteiger partial charge in [0.2, 0.25) is 0 Å². The average Bonchev–Trinajstić information content (AvgIpc) is 3.59. The summed E-state index contributed by atoms with van der Waals surface area (Å²) in [6.07, 6.45) is 11.0. The third-order valence-electron chi connectivity index (χ3n) is 6.46. The van der Waals surface area contributed by atoms with Crippen molar-refractivity contribution in [1.29, 1.82) is 5.26 Å². The van der Waals surface area contributed by atoms with Crippen LogP contribution in [0.4, 0.5) is 0 Å². The van der Waals surface area contributed by atoms with Gasteiger partial charge in [0.05, 0.1) is 37.0 Å². The zero-order valence-electron chi connectivity index (χ0n) is 17.9. The van der Waals surface area contributed by atoms with Crippen molar-refractivity contribution in [2.45, 2.75) is 38.3 Å². The fraction of sp³-hybridized carbons (Fsp3) is 0.360. The van der Waals surface area contributed by atoms with E-state index >= 15 is 0 Å². The van der Waals surface area contributed by atoms with Crippen LogP contribution in [0.2, 0.25) is 0 Å². The van der Waals surface area contributed by atoms with Crippen LogP contribution in [0, 0.1) is 23.2 Å². The average molecular weight is 427 g/mol. The van der Waals surface area contributed by atoms with Gasteiger partial charge in [-0.25, -0.2) is 9.97 Å². The highest BCUT2D eigenvalue weighted by molar-refractivity contribution is 5.89. The van der Waals surface area contributed by atoms with E-state index in [0.29, 0.717) is 24.9 Å². The third kappa shape index (κ3) is 4.27. The number of hydrogen-bond acceptors (Lipinski definition) is 5. The minimum absolute atomic E-state index is 0.0661. The predicted octanol–water partition coefficient (Wildman–Crippen LogP) is 4.91. The molecule has 0 aliphatic heterocycles. The number of nitriles is 1. The second-order valence-corrected chi connectivity index (χ2v) is 8.54. The molecular weight excluding hydrogens is 400 g/mol. The van der Waals surface area contributed by atoms with Crippen LogP contribution in [0.15, 0.2) is 61.3 Å². The number of aromatic amines is 1. The largest absolute Gasteiger partial charge is 0.376 e. The molecule has 3 unspecified atom stereocenters. The van der Waals surface area contributed by atoms with Crippen LogP contribution in [0.25, 0.3) is 22.3 Å². The summed E-state index contributed by atoms with van der Waals surface area (Å²) in [6.45, 7) is 1.42. The predicted molar refractivity (Wildman–Crippen MR) is 121 cm³/mol. The molecule has 0 spiro atoms. The Hall–Kier alpha value is -3.50. The number of ether oxygens (including phenoxy) is 1. The molecule has 0 saturated heterocycles. The summed E-state index contributed by atoms with van der Waals surface area (Å²) in [7, 11) is 0. The van der Waals surface area contributed by atoms with Crippen LogP contribution in [-0.4, -0.2) is 31.3 Å². The standard InChI is InChI=1S/C25H26N6O/c26-10-8-23(20-7-6-19(12-20)16-32-15-18-4-2-1-3-5-18)31-14-21(13-30-31)24-22-9-11-27-25(22)29-17-28-24/h1-5,9,11,13-14,17,19-20,23H,6-8,12,15-16H2,(H,27,28,29). The van der Waals surface area contributed by atoms with E-state index in [4.69, 9.17) is 4.74 Å². The SMILES string of the molecule is N#CCC(C1CCC(COCc2ccccc2)C1)n1cc(-c2ncnc3[nH]ccc23)cn1. The molecule has 0 bridgehead atoms. The Morgan fingerprint density at radius 2 is 2.09 bits per heavy atom. The van der Waals surface area contributed by atoms with Crippen molar-refractivity contribution in [1.82, 2.24) is 24.7 Å². The molecule has 0 radical (unpaired) electrons. The zero-order chi connectivity index (χ0) is 21.8. The Bertz CT molecular complexity index is 1210. The van der Waals surface area contributed by atoms with Crippen molar-refractivity contribution in [3.63, 3.8) is 0 Å². The summed E-state index contributed by atoms with van der Waals surface area (Å²) >= 11 is 0. The normalized spacial score (nSPS) is 19.2. The molecule has 1 fully saturated rings. The van der Waals surface area contributed by atoms with E-state index in [2.05, 4.69) is 38.3 Å². The van der Waals surface area contributed by atoms with Gasteiger partial charge in [0.25, 0.3) is 0 Å². The lowest BCUT2D eigenvalue weighted by molar-refractivity contribution is 0.0864. The Balaban J connectivity index is 1.25. The highest BCUT2D eigenvalue weighted by atomic mass is 16.5. The second kappa shape index (κ2) is 9.33. The number of nitrogens with zero attached hydrogens (tertiary/aromatic N) is 5. The van der Waals surface area contributed by atoms with Gasteiger partial charge >= 0.3 is 0 Å². The first-order valence-corrected chi connectivity index (χ1v) is 11.1. The molecular formula is C25H26N6O. The van der Waals surface area contributed by atoms with Gasteiger partial charge in [-0.2, -0.15) is 10.4 Å². The van der Waals surface area contributed by atoms with Crippen LogP contribution in [0.3, 0.4) is 0 Å². The highest BCUT2D eigenvalue weighted by Crippen LogP contribution is 2.40. The number of benzene rings is 1. The maximum absolute atomic E-state index is 9.49. The molecule has 4 aromatic rings. The van der Waals surface area contributed by atoms with Crippen molar-refractivity contribution < 1.29 is 4.74 Å². The number of hydrogen-bond donors (Lipinski definition) is 1. The quantitative estimate of drug-likeness (QED) is 0.432. The van der Waals surface area contributed by atoms with Crippen molar-refractivity contribution in [3.05, 3.63) is 66.9 Å². The molecule has 32 heavy (non-hydrogen) atoms. The van der Waals surface area contributed by atoms with E-state index in [1.807, 2.05) is 47.5 Å². The number of nitrogens with one attached hydrogen (secondary N) is 1. The molecule has 162 valence electrons. The Kier molecular flexibility index (Phi) is 5.95. The number of fused-ring (bicyclic) bond motifs is 1. The van der Waals surface area contributed by atoms with Gasteiger partial charge < -0.3 is 9.72 Å². The summed E-state index contributed by atoms with van der Waals surface area (Å²) < 4.78 is 7.96. The first-order chi connectivity index (χ1) is 15.8. The molecule has 7 nitrogen and oxygen atoms in total. The van der Waals surface area contributed by atoms with Gasteiger partial charge in [-0.15, -0.1) is 0 Å². The van der Waals surface area contributed by atoms with Gasteiger partial charge in [-0.05, 0) is 42.7 Å². The van der Waals surface area contributed by atoms with Crippen molar-refractivity contribution in [2.24, 2.45) is 11.8 Å². The van der Waals surface area contributed by atoms with Crippen LogP contribution in [0.1, 0.15) is 37.3 Å². The van der Waals surface area contributed by atoms with Gasteiger partial charge in [0.1, 0.15) is 12.0 Å². The Morgan fingerprint density at radius 3 is 2.97 bits per heavy atom. The van der Waals surface area contributed by atoms with E-state index in [9.17, 15) is 5.26 Å². The smallest absolute Gasteiger partial charge is 0.141 e. The van der Waals surface area contributed by atoms with Crippen LogP contribution in [-0.2, 0) is 11.3 Å². The fourth-order valence-electron chi connectivity index (χ4n) is 4.85. The molecule has 3 atom stereocenters. The molecule has 1 aliphatic rings. The lowest BCUT2D eigenvalue weighted by atomic mass is 9.94. The van der Waals surface area contributed by atoms with E-state index in [-0.39, 0.29) is 6.04 Å². The fourth-order valence-corrected chi connectivity index (χ4v) is 4.85. The lowest BCUT2D eigenvalue weighted by Gasteiger charge is -2.22. The van der Waals surface area contributed by atoms with E-state index < -0.39 is 0 Å². The van der Waals surface area contributed by atoms with Gasteiger partial charge in [0.15, 0.2) is 0 Å². The second-order valence-electron chi connectivity index (χ2n) is 8.54. The van der Waals surface area contributed by atoms with Crippen LogP contribution in [0.5, 0.6) is 0 Å². The van der Waals surface area contributed by atoms with Gasteiger partial charge in [0, 0.05) is 30.0 Å². The molecule has 1 aromatic carbocycles. The molecule has 5 rings (SSSR count). The summed E-state index contributed by atoms with van der Waals surface area (Å²) in [5, 5.41) is 15.1. The molecule has 1 aliphatic carbocycles. The summed E-state index contributed by atoms with van der Waals surface area (Å²) in [4.78, 5) is 11.9. The first-order valence-electron chi connectivity index (χ1n) is 11.1. The number of H-pyrrole nitrogens is 1. The van der Waals surface area contributed by atoms with E-state index in [1.54, 1.807) is 6.33 Å². The van der Waals surface area contributed by atoms with E-state index in [0.717, 1.165) is 48.2 Å². The minimum atomic E-state index is 0.0661. The molecule has 7 heteroatoms. The third-order valence-corrected chi connectivity index (χ3v) is 6.46. The van der Waals surface area contributed by atoms with Crippen molar-refractivity contribution in [2.75, 3.05) is 6.61 Å². The topological polar surface area (TPSA) is 92.4 Å². The number of rotatable bonds is 8.